The van der Waals surface area contributed by atoms with Crippen LogP contribution in [0.5, 0.6) is 11.5 Å². The molecule has 0 spiro atoms. The molecule has 164 valence electrons. The van der Waals surface area contributed by atoms with Crippen molar-refractivity contribution in [3.05, 3.63) is 58.4 Å². The molecule has 1 unspecified atom stereocenters. The average Bonchev–Trinajstić information content (AvgIpc) is 2.65. The molecular formula is C22H25ClFO6-. The van der Waals surface area contributed by atoms with Crippen molar-refractivity contribution in [2.75, 3.05) is 13.2 Å². The summed E-state index contributed by atoms with van der Waals surface area (Å²) in [4.78, 5) is 10.5. The van der Waals surface area contributed by atoms with Crippen LogP contribution in [0.25, 0.3) is 0 Å². The van der Waals surface area contributed by atoms with Crippen molar-refractivity contribution in [2.45, 2.75) is 44.8 Å². The molecule has 0 aliphatic rings. The molecule has 2 aromatic carbocycles. The second-order valence-electron chi connectivity index (χ2n) is 7.05. The summed E-state index contributed by atoms with van der Waals surface area (Å²) in [6, 6.07) is 9.30. The number of benzene rings is 2. The fraction of sp³-hybridized carbons (Fsp3) is 0.409. The first kappa shape index (κ1) is 23.9. The summed E-state index contributed by atoms with van der Waals surface area (Å²) in [5.41, 5.74) is 1.63. The van der Waals surface area contributed by atoms with E-state index in [0.29, 0.717) is 36.0 Å². The highest BCUT2D eigenvalue weighted by Gasteiger charge is 2.15. The molecule has 0 radical (unpaired) electrons. The molecule has 0 aliphatic heterocycles. The van der Waals surface area contributed by atoms with Gasteiger partial charge >= 0.3 is 0 Å². The van der Waals surface area contributed by atoms with Crippen LogP contribution >= 0.6 is 11.6 Å². The number of hydrogen-bond donors (Lipinski definition) is 2. The number of aryl methyl sites for hydroxylation is 2. The van der Waals surface area contributed by atoms with Crippen molar-refractivity contribution >= 4 is 17.6 Å². The minimum atomic E-state index is -1.38. The second kappa shape index (κ2) is 11.7. The molecule has 0 heterocycles. The van der Waals surface area contributed by atoms with Crippen molar-refractivity contribution in [1.82, 2.24) is 0 Å². The van der Waals surface area contributed by atoms with Gasteiger partial charge in [-0.3, -0.25) is 0 Å². The summed E-state index contributed by atoms with van der Waals surface area (Å²) in [6.07, 6.45) is -1.67. The van der Waals surface area contributed by atoms with E-state index in [2.05, 4.69) is 0 Å². The highest BCUT2D eigenvalue weighted by atomic mass is 35.5. The molecule has 0 aromatic heterocycles. The van der Waals surface area contributed by atoms with Crippen LogP contribution in [-0.4, -0.2) is 41.6 Å². The zero-order chi connectivity index (χ0) is 22.1. The fourth-order valence-electron chi connectivity index (χ4n) is 3.01. The minimum Gasteiger partial charge on any atom is -0.550 e. The molecule has 2 rings (SSSR count). The van der Waals surface area contributed by atoms with Gasteiger partial charge in [0.1, 0.15) is 23.9 Å². The standard InChI is InChI=1S/C22H26ClFO6/c1-14-9-16(23)10-15(3-2-8-29-20-6-4-17(24)5-7-20)22(14)30-13-19(26)11-18(25)12-21(27)28/h4-7,9-10,18-19,25-26H,2-3,8,11-13H2,1H3,(H,27,28)/p-1/t18-,19?/m1/s1. The number of ether oxygens (including phenoxy) is 2. The van der Waals surface area contributed by atoms with E-state index in [0.717, 1.165) is 11.1 Å². The second-order valence-corrected chi connectivity index (χ2v) is 7.48. The van der Waals surface area contributed by atoms with Gasteiger partial charge in [0.15, 0.2) is 0 Å². The lowest BCUT2D eigenvalue weighted by molar-refractivity contribution is -0.307. The normalized spacial score (nSPS) is 13.0. The maximum atomic E-state index is 12.9. The number of aliphatic hydroxyl groups excluding tert-OH is 2. The van der Waals surface area contributed by atoms with Gasteiger partial charge in [0.05, 0.1) is 18.8 Å². The molecule has 8 heteroatoms. The maximum Gasteiger partial charge on any atom is 0.125 e. The molecule has 0 aliphatic carbocycles. The van der Waals surface area contributed by atoms with Crippen molar-refractivity contribution < 1.29 is 34.0 Å². The Bertz CT molecular complexity index is 827. The van der Waals surface area contributed by atoms with Crippen molar-refractivity contribution in [2.24, 2.45) is 0 Å². The van der Waals surface area contributed by atoms with Gasteiger partial charge in [-0.05, 0) is 67.3 Å². The van der Waals surface area contributed by atoms with Gasteiger partial charge in [-0.1, -0.05) is 11.6 Å². The van der Waals surface area contributed by atoms with Gasteiger partial charge in [0.25, 0.3) is 0 Å². The van der Waals surface area contributed by atoms with Crippen LogP contribution in [0.15, 0.2) is 36.4 Å². The first-order valence-electron chi connectivity index (χ1n) is 9.60. The number of carboxylic acid groups (broad SMARTS) is 1. The van der Waals surface area contributed by atoms with Crippen molar-refractivity contribution in [3.63, 3.8) is 0 Å². The van der Waals surface area contributed by atoms with Gasteiger partial charge in [-0.15, -0.1) is 0 Å². The van der Waals surface area contributed by atoms with Crippen molar-refractivity contribution in [1.29, 1.82) is 0 Å². The SMILES string of the molecule is Cc1cc(Cl)cc(CCCOc2ccc(F)cc2)c1OCC(O)C[C@@H](O)CC(=O)[O-]. The molecule has 0 fully saturated rings. The lowest BCUT2D eigenvalue weighted by Crippen LogP contribution is -2.31. The van der Waals surface area contributed by atoms with E-state index in [1.54, 1.807) is 24.3 Å². The van der Waals surface area contributed by atoms with Gasteiger partial charge in [-0.2, -0.15) is 0 Å². The molecule has 2 aromatic rings. The molecule has 0 amide bonds. The number of carboxylic acids is 1. The molecule has 0 saturated carbocycles. The number of halogens is 2. The molecule has 2 N–H and O–H groups in total. The van der Waals surface area contributed by atoms with Crippen LogP contribution in [-0.2, 0) is 11.2 Å². The number of hydrogen-bond acceptors (Lipinski definition) is 6. The number of carbonyl (C=O) groups is 1. The Morgan fingerprint density at radius 2 is 1.87 bits per heavy atom. The van der Waals surface area contributed by atoms with Crippen molar-refractivity contribution in [3.8, 4) is 11.5 Å². The summed E-state index contributed by atoms with van der Waals surface area (Å²) in [5.74, 6) is -0.551. The molecule has 30 heavy (non-hydrogen) atoms. The summed E-state index contributed by atoms with van der Waals surface area (Å²) in [6.45, 7) is 2.14. The van der Waals surface area contributed by atoms with Gasteiger partial charge in [-0.25, -0.2) is 4.39 Å². The number of rotatable bonds is 12. The third-order valence-electron chi connectivity index (χ3n) is 4.36. The summed E-state index contributed by atoms with van der Waals surface area (Å²) in [5, 5.41) is 30.7. The third kappa shape index (κ3) is 8.18. The molecule has 2 atom stereocenters. The predicted molar refractivity (Wildman–Crippen MR) is 108 cm³/mol. The summed E-state index contributed by atoms with van der Waals surface area (Å²) in [7, 11) is 0. The third-order valence-corrected chi connectivity index (χ3v) is 4.57. The van der Waals surface area contributed by atoms with Crippen LogP contribution in [0.3, 0.4) is 0 Å². The summed E-state index contributed by atoms with van der Waals surface area (Å²) < 4.78 is 24.3. The van der Waals surface area contributed by atoms with Gasteiger partial charge < -0.3 is 29.6 Å². The van der Waals surface area contributed by atoms with E-state index in [1.807, 2.05) is 6.92 Å². The minimum absolute atomic E-state index is 0.105. The van der Waals surface area contributed by atoms with E-state index in [4.69, 9.17) is 21.1 Å². The maximum absolute atomic E-state index is 12.9. The highest BCUT2D eigenvalue weighted by Crippen LogP contribution is 2.29. The molecular weight excluding hydrogens is 415 g/mol. The number of aliphatic carboxylic acids is 1. The van der Waals surface area contributed by atoms with Crippen LogP contribution in [0.1, 0.15) is 30.4 Å². The van der Waals surface area contributed by atoms with E-state index in [1.165, 1.54) is 12.1 Å². The van der Waals surface area contributed by atoms with Crippen LogP contribution in [0, 0.1) is 12.7 Å². The average molecular weight is 440 g/mol. The van der Waals surface area contributed by atoms with Crippen LogP contribution in [0.4, 0.5) is 4.39 Å². The largest absolute Gasteiger partial charge is 0.550 e. The Morgan fingerprint density at radius 1 is 1.17 bits per heavy atom. The van der Waals surface area contributed by atoms with E-state index in [-0.39, 0.29) is 18.8 Å². The molecule has 0 saturated heterocycles. The van der Waals surface area contributed by atoms with Crippen LogP contribution in [0.2, 0.25) is 5.02 Å². The first-order valence-corrected chi connectivity index (χ1v) is 9.98. The number of carbonyl (C=O) groups excluding carboxylic acids is 1. The number of aliphatic hydroxyl groups is 2. The van der Waals surface area contributed by atoms with Gasteiger partial charge in [0.2, 0.25) is 0 Å². The van der Waals surface area contributed by atoms with Gasteiger partial charge in [0, 0.05) is 23.8 Å². The van der Waals surface area contributed by atoms with E-state index in [9.17, 15) is 24.5 Å². The molecule has 6 nitrogen and oxygen atoms in total. The van der Waals surface area contributed by atoms with E-state index < -0.39 is 24.6 Å². The topological polar surface area (TPSA) is 99.1 Å². The Labute approximate surface area is 179 Å². The molecule has 0 bridgehead atoms. The Hall–Kier alpha value is -2.35. The fourth-order valence-corrected chi connectivity index (χ4v) is 3.31. The zero-order valence-electron chi connectivity index (χ0n) is 16.6. The van der Waals surface area contributed by atoms with Crippen LogP contribution < -0.4 is 14.6 Å². The van der Waals surface area contributed by atoms with E-state index >= 15 is 0 Å². The monoisotopic (exact) mass is 439 g/mol. The predicted octanol–water partition coefficient (Wildman–Crippen LogP) is 2.43. The first-order chi connectivity index (χ1) is 14.2. The summed E-state index contributed by atoms with van der Waals surface area (Å²) >= 11 is 6.16. The highest BCUT2D eigenvalue weighted by molar-refractivity contribution is 6.30. The quantitative estimate of drug-likeness (QED) is 0.493. The Balaban J connectivity index is 1.90. The zero-order valence-corrected chi connectivity index (χ0v) is 17.4. The smallest absolute Gasteiger partial charge is 0.125 e. The Morgan fingerprint density at radius 3 is 2.53 bits per heavy atom. The lowest BCUT2D eigenvalue weighted by Gasteiger charge is -2.19. The Kier molecular flexibility index (Phi) is 9.36. The lowest BCUT2D eigenvalue weighted by atomic mass is 10.0.